The molecule has 1 amide bonds. The smallest absolute Gasteiger partial charge is 0.261 e. The Morgan fingerprint density at radius 3 is 2.73 bits per heavy atom. The van der Waals surface area contributed by atoms with Crippen molar-refractivity contribution in [3.05, 3.63) is 95.2 Å². The van der Waals surface area contributed by atoms with E-state index in [1.165, 1.54) is 10.9 Å². The van der Waals surface area contributed by atoms with E-state index in [-0.39, 0.29) is 24.4 Å². The third kappa shape index (κ3) is 4.70. The summed E-state index contributed by atoms with van der Waals surface area (Å²) in [4.78, 5) is 33.1. The van der Waals surface area contributed by atoms with E-state index in [1.54, 1.807) is 30.5 Å². The monoisotopic (exact) mass is 400 g/mol. The van der Waals surface area contributed by atoms with Gasteiger partial charge in [-0.2, -0.15) is 0 Å². The van der Waals surface area contributed by atoms with Gasteiger partial charge in [-0.15, -0.1) is 0 Å². The molecule has 2 aromatic carbocycles. The van der Waals surface area contributed by atoms with Gasteiger partial charge in [0.2, 0.25) is 11.8 Å². The van der Waals surface area contributed by atoms with Crippen LogP contribution in [-0.4, -0.2) is 20.4 Å². The highest BCUT2D eigenvalue weighted by Gasteiger charge is 2.07. The number of fused-ring (bicyclic) bond motifs is 1. The number of para-hydroxylation sites is 1. The van der Waals surface area contributed by atoms with Crippen molar-refractivity contribution in [1.29, 1.82) is 0 Å². The standard InChI is InChI=1S/C23H20N4O3/c28-21(11-13-27-16-26-20-9-2-1-8-19(20)23(27)29)25-15-17-6-5-7-18(14-17)30-22-10-3-4-12-24-22/h1-10,12,14,16H,11,13,15H2,(H,25,28). The van der Waals surface area contributed by atoms with Crippen molar-refractivity contribution >= 4 is 16.8 Å². The second-order valence-electron chi connectivity index (χ2n) is 6.70. The molecule has 150 valence electrons. The fourth-order valence-corrected chi connectivity index (χ4v) is 3.02. The lowest BCUT2D eigenvalue weighted by molar-refractivity contribution is -0.121. The Morgan fingerprint density at radius 2 is 1.87 bits per heavy atom. The summed E-state index contributed by atoms with van der Waals surface area (Å²) in [6, 6.07) is 20.1. The highest BCUT2D eigenvalue weighted by atomic mass is 16.5. The van der Waals surface area contributed by atoms with Gasteiger partial charge in [0.15, 0.2) is 0 Å². The van der Waals surface area contributed by atoms with Crippen LogP contribution in [0.3, 0.4) is 0 Å². The van der Waals surface area contributed by atoms with Gasteiger partial charge in [0.1, 0.15) is 5.75 Å². The minimum atomic E-state index is -0.147. The van der Waals surface area contributed by atoms with E-state index in [1.807, 2.05) is 42.5 Å². The first-order valence-corrected chi connectivity index (χ1v) is 9.58. The van der Waals surface area contributed by atoms with Crippen molar-refractivity contribution in [3.8, 4) is 11.6 Å². The van der Waals surface area contributed by atoms with Crippen LogP contribution < -0.4 is 15.6 Å². The van der Waals surface area contributed by atoms with E-state index in [4.69, 9.17) is 4.74 Å². The van der Waals surface area contributed by atoms with E-state index in [0.717, 1.165) is 5.56 Å². The van der Waals surface area contributed by atoms with Crippen molar-refractivity contribution in [2.75, 3.05) is 0 Å². The summed E-state index contributed by atoms with van der Waals surface area (Å²) in [7, 11) is 0. The Hall–Kier alpha value is -4.00. The van der Waals surface area contributed by atoms with Crippen molar-refractivity contribution in [2.45, 2.75) is 19.5 Å². The molecule has 0 unspecified atom stereocenters. The molecule has 2 aromatic heterocycles. The molecule has 0 radical (unpaired) electrons. The lowest BCUT2D eigenvalue weighted by Crippen LogP contribution is -2.27. The fourth-order valence-electron chi connectivity index (χ4n) is 3.02. The highest BCUT2D eigenvalue weighted by molar-refractivity contribution is 5.77. The van der Waals surface area contributed by atoms with Crippen LogP contribution in [0.2, 0.25) is 0 Å². The molecule has 2 heterocycles. The van der Waals surface area contributed by atoms with E-state index in [2.05, 4.69) is 15.3 Å². The molecule has 0 fully saturated rings. The van der Waals surface area contributed by atoms with E-state index < -0.39 is 0 Å². The van der Waals surface area contributed by atoms with E-state index in [9.17, 15) is 9.59 Å². The number of carbonyl (C=O) groups is 1. The van der Waals surface area contributed by atoms with Crippen LogP contribution in [0.5, 0.6) is 11.6 Å². The molecule has 7 heteroatoms. The number of hydrogen-bond acceptors (Lipinski definition) is 5. The number of aryl methyl sites for hydroxylation is 1. The second-order valence-corrected chi connectivity index (χ2v) is 6.70. The Bertz CT molecular complexity index is 1220. The third-order valence-corrected chi connectivity index (χ3v) is 4.56. The van der Waals surface area contributed by atoms with Gasteiger partial charge in [-0.25, -0.2) is 9.97 Å². The predicted molar refractivity (Wildman–Crippen MR) is 113 cm³/mol. The number of rotatable bonds is 7. The predicted octanol–water partition coefficient (Wildman–Crippen LogP) is 3.29. The van der Waals surface area contributed by atoms with Crippen LogP contribution in [-0.2, 0) is 17.9 Å². The van der Waals surface area contributed by atoms with Gasteiger partial charge in [-0.3, -0.25) is 14.2 Å². The summed E-state index contributed by atoms with van der Waals surface area (Å²) in [6.07, 6.45) is 3.33. The number of hydrogen-bond donors (Lipinski definition) is 1. The summed E-state index contributed by atoms with van der Waals surface area (Å²) in [5.41, 5.74) is 1.41. The molecule has 1 N–H and O–H groups in total. The van der Waals surface area contributed by atoms with Gasteiger partial charge in [0, 0.05) is 31.8 Å². The molecule has 0 aliphatic carbocycles. The number of aromatic nitrogens is 3. The van der Waals surface area contributed by atoms with Gasteiger partial charge in [-0.1, -0.05) is 30.3 Å². The maximum absolute atomic E-state index is 12.5. The Labute approximate surface area is 173 Å². The van der Waals surface area contributed by atoms with Crippen molar-refractivity contribution in [3.63, 3.8) is 0 Å². The zero-order valence-corrected chi connectivity index (χ0v) is 16.2. The molecule has 0 saturated carbocycles. The number of benzene rings is 2. The Morgan fingerprint density at radius 1 is 1.00 bits per heavy atom. The minimum absolute atomic E-state index is 0.146. The number of nitrogens with zero attached hydrogens (tertiary/aromatic N) is 3. The number of ether oxygens (including phenoxy) is 1. The zero-order chi connectivity index (χ0) is 20.8. The lowest BCUT2D eigenvalue weighted by Gasteiger charge is -2.09. The van der Waals surface area contributed by atoms with Crippen molar-refractivity contribution in [1.82, 2.24) is 19.9 Å². The molecule has 7 nitrogen and oxygen atoms in total. The first kappa shape index (κ1) is 19.3. The first-order valence-electron chi connectivity index (χ1n) is 9.58. The third-order valence-electron chi connectivity index (χ3n) is 4.56. The highest BCUT2D eigenvalue weighted by Crippen LogP contribution is 2.19. The van der Waals surface area contributed by atoms with Gasteiger partial charge in [-0.05, 0) is 35.9 Å². The largest absolute Gasteiger partial charge is 0.439 e. The minimum Gasteiger partial charge on any atom is -0.439 e. The summed E-state index contributed by atoms with van der Waals surface area (Å²) in [5.74, 6) is 1.01. The number of pyridine rings is 1. The number of nitrogens with one attached hydrogen (secondary N) is 1. The quantitative estimate of drug-likeness (QED) is 0.514. The van der Waals surface area contributed by atoms with Crippen LogP contribution in [0.25, 0.3) is 10.9 Å². The van der Waals surface area contributed by atoms with Gasteiger partial charge in [0.25, 0.3) is 5.56 Å². The van der Waals surface area contributed by atoms with E-state index in [0.29, 0.717) is 29.1 Å². The summed E-state index contributed by atoms with van der Waals surface area (Å²) in [6.45, 7) is 0.633. The average Bonchev–Trinajstić information content (AvgIpc) is 2.78. The maximum Gasteiger partial charge on any atom is 0.261 e. The molecule has 0 bridgehead atoms. The average molecular weight is 400 g/mol. The van der Waals surface area contributed by atoms with E-state index >= 15 is 0 Å². The fraction of sp³-hybridized carbons (Fsp3) is 0.130. The van der Waals surface area contributed by atoms with Crippen molar-refractivity contribution in [2.24, 2.45) is 0 Å². The van der Waals surface area contributed by atoms with Crippen LogP contribution in [0, 0.1) is 0 Å². The summed E-state index contributed by atoms with van der Waals surface area (Å²) < 4.78 is 7.17. The molecular formula is C23H20N4O3. The van der Waals surface area contributed by atoms with Gasteiger partial charge >= 0.3 is 0 Å². The normalized spacial score (nSPS) is 10.7. The molecule has 0 aliphatic rings. The Balaban J connectivity index is 1.33. The van der Waals surface area contributed by atoms with Crippen LogP contribution >= 0.6 is 0 Å². The van der Waals surface area contributed by atoms with Crippen LogP contribution in [0.1, 0.15) is 12.0 Å². The topological polar surface area (TPSA) is 86.1 Å². The zero-order valence-electron chi connectivity index (χ0n) is 16.2. The Kier molecular flexibility index (Phi) is 5.80. The maximum atomic E-state index is 12.5. The van der Waals surface area contributed by atoms with Gasteiger partial charge < -0.3 is 10.1 Å². The van der Waals surface area contributed by atoms with Crippen molar-refractivity contribution < 1.29 is 9.53 Å². The molecule has 4 aromatic rings. The van der Waals surface area contributed by atoms with Crippen LogP contribution in [0.4, 0.5) is 0 Å². The van der Waals surface area contributed by atoms with Gasteiger partial charge in [0.05, 0.1) is 17.2 Å². The second kappa shape index (κ2) is 9.00. The molecule has 0 spiro atoms. The lowest BCUT2D eigenvalue weighted by atomic mass is 10.2. The summed E-state index contributed by atoms with van der Waals surface area (Å²) in [5, 5.41) is 3.42. The number of carbonyl (C=O) groups excluding carboxylic acids is 1. The molecule has 30 heavy (non-hydrogen) atoms. The molecule has 0 saturated heterocycles. The first-order chi connectivity index (χ1) is 14.7. The molecule has 4 rings (SSSR count). The van der Waals surface area contributed by atoms with Crippen LogP contribution in [0.15, 0.2) is 84.0 Å². The summed E-state index contributed by atoms with van der Waals surface area (Å²) >= 11 is 0. The number of amides is 1. The molecular weight excluding hydrogens is 380 g/mol. The molecule has 0 atom stereocenters. The molecule has 0 aliphatic heterocycles. The SMILES string of the molecule is O=C(CCn1cnc2ccccc2c1=O)NCc1cccc(Oc2ccccn2)c1.